The number of nitrogens with zero attached hydrogens (tertiary/aromatic N) is 3. The Morgan fingerprint density at radius 1 is 1.30 bits per heavy atom. The highest BCUT2D eigenvalue weighted by molar-refractivity contribution is 14.0. The van der Waals surface area contributed by atoms with Gasteiger partial charge in [-0.2, -0.15) is 4.31 Å². The zero-order valence-electron chi connectivity index (χ0n) is 16.6. The van der Waals surface area contributed by atoms with Crippen LogP contribution in [0, 0.1) is 0 Å². The summed E-state index contributed by atoms with van der Waals surface area (Å²) < 4.78 is 30.7. The molecule has 0 spiro atoms. The van der Waals surface area contributed by atoms with Crippen LogP contribution in [0.4, 0.5) is 0 Å². The topological polar surface area (TPSA) is 99.8 Å². The van der Waals surface area contributed by atoms with Crippen LogP contribution in [0.3, 0.4) is 0 Å². The molecule has 1 aliphatic heterocycles. The van der Waals surface area contributed by atoms with Crippen molar-refractivity contribution in [2.75, 3.05) is 25.9 Å². The van der Waals surface area contributed by atoms with Gasteiger partial charge in [-0.05, 0) is 26.2 Å². The Kier molecular flexibility index (Phi) is 10.0. The maximum atomic E-state index is 11.9. The van der Waals surface area contributed by atoms with E-state index in [1.54, 1.807) is 4.31 Å². The second-order valence-corrected chi connectivity index (χ2v) is 8.42. The van der Waals surface area contributed by atoms with Crippen molar-refractivity contribution in [3.63, 3.8) is 0 Å². The molecule has 0 aromatic carbocycles. The van der Waals surface area contributed by atoms with Gasteiger partial charge in [0, 0.05) is 37.7 Å². The number of aliphatic imine (C=N–C) groups is 1. The SMILES string of the molecule is CCNC(=NCc1c(CC)noc1CC)NC[C@H]1CCCN1S(C)(=O)=O.I. The molecule has 2 rings (SSSR count). The third kappa shape index (κ3) is 6.60. The average molecular weight is 513 g/mol. The fraction of sp³-hybridized carbons (Fsp3) is 0.765. The molecule has 0 saturated carbocycles. The molecule has 0 unspecified atom stereocenters. The molecule has 0 bridgehead atoms. The van der Waals surface area contributed by atoms with Gasteiger partial charge in [0.25, 0.3) is 0 Å². The van der Waals surface area contributed by atoms with Gasteiger partial charge < -0.3 is 15.2 Å². The highest BCUT2D eigenvalue weighted by Gasteiger charge is 2.31. The molecule has 1 atom stereocenters. The molecular formula is C17H32IN5O3S. The van der Waals surface area contributed by atoms with E-state index in [9.17, 15) is 8.42 Å². The zero-order valence-corrected chi connectivity index (χ0v) is 19.8. The lowest BCUT2D eigenvalue weighted by molar-refractivity contribution is 0.380. The third-order valence-electron chi connectivity index (χ3n) is 4.60. The normalized spacial score (nSPS) is 18.4. The first-order valence-corrected chi connectivity index (χ1v) is 11.2. The molecule has 2 N–H and O–H groups in total. The van der Waals surface area contributed by atoms with Gasteiger partial charge in [0.05, 0.1) is 18.5 Å². The Hall–Kier alpha value is -0.880. The highest BCUT2D eigenvalue weighted by atomic mass is 127. The van der Waals surface area contributed by atoms with Crippen molar-refractivity contribution in [2.45, 2.75) is 59.0 Å². The predicted octanol–water partition coefficient (Wildman–Crippen LogP) is 1.90. The lowest BCUT2D eigenvalue weighted by Gasteiger charge is -2.23. The average Bonchev–Trinajstić information content (AvgIpc) is 3.23. The Bertz CT molecular complexity index is 699. The van der Waals surface area contributed by atoms with Crippen LogP contribution >= 0.6 is 24.0 Å². The molecule has 1 fully saturated rings. The van der Waals surface area contributed by atoms with E-state index >= 15 is 0 Å². The quantitative estimate of drug-likeness (QED) is 0.313. The zero-order chi connectivity index (χ0) is 19.2. The number of aryl methyl sites for hydroxylation is 2. The van der Waals surface area contributed by atoms with E-state index in [1.165, 1.54) is 6.26 Å². The van der Waals surface area contributed by atoms with Gasteiger partial charge in [-0.1, -0.05) is 19.0 Å². The molecule has 2 heterocycles. The molecule has 1 saturated heterocycles. The molecule has 156 valence electrons. The summed E-state index contributed by atoms with van der Waals surface area (Å²) in [5, 5.41) is 10.6. The van der Waals surface area contributed by atoms with Gasteiger partial charge >= 0.3 is 0 Å². The lowest BCUT2D eigenvalue weighted by atomic mass is 10.1. The Balaban J connectivity index is 0.00000364. The monoisotopic (exact) mass is 513 g/mol. The largest absolute Gasteiger partial charge is 0.361 e. The number of aromatic nitrogens is 1. The Morgan fingerprint density at radius 3 is 2.63 bits per heavy atom. The van der Waals surface area contributed by atoms with E-state index in [0.717, 1.165) is 49.2 Å². The molecule has 10 heteroatoms. The maximum absolute atomic E-state index is 11.9. The first-order valence-electron chi connectivity index (χ1n) is 9.35. The maximum Gasteiger partial charge on any atom is 0.211 e. The minimum absolute atomic E-state index is 0. The fourth-order valence-electron chi connectivity index (χ4n) is 3.28. The van der Waals surface area contributed by atoms with Crippen LogP contribution in [0.2, 0.25) is 0 Å². The van der Waals surface area contributed by atoms with Crippen molar-refractivity contribution in [3.8, 4) is 0 Å². The standard InChI is InChI=1S/C17H31N5O3S.HI/c1-5-15-14(16(6-2)25-21-15)12-20-17(18-7-3)19-11-13-9-8-10-22(13)26(4,23)24;/h13H,5-12H2,1-4H3,(H2,18,19,20);1H/t13-;/m1./s1. The number of sulfonamides is 1. The van der Waals surface area contributed by atoms with Crippen molar-refractivity contribution in [1.82, 2.24) is 20.1 Å². The first kappa shape index (κ1) is 24.2. The van der Waals surface area contributed by atoms with Crippen LogP contribution in [-0.2, 0) is 29.4 Å². The molecule has 0 amide bonds. The van der Waals surface area contributed by atoms with E-state index in [4.69, 9.17) is 4.52 Å². The second kappa shape index (κ2) is 11.2. The molecule has 27 heavy (non-hydrogen) atoms. The van der Waals surface area contributed by atoms with E-state index in [1.807, 2.05) is 20.8 Å². The summed E-state index contributed by atoms with van der Waals surface area (Å²) in [6, 6.07) is -0.0261. The van der Waals surface area contributed by atoms with E-state index in [0.29, 0.717) is 25.6 Å². The van der Waals surface area contributed by atoms with Gasteiger partial charge in [0.1, 0.15) is 5.76 Å². The second-order valence-electron chi connectivity index (χ2n) is 6.48. The van der Waals surface area contributed by atoms with Gasteiger partial charge in [-0.15, -0.1) is 24.0 Å². The fourth-order valence-corrected chi connectivity index (χ4v) is 4.46. The van der Waals surface area contributed by atoms with Gasteiger partial charge in [0.15, 0.2) is 5.96 Å². The van der Waals surface area contributed by atoms with Crippen LogP contribution < -0.4 is 10.6 Å². The van der Waals surface area contributed by atoms with Gasteiger partial charge in [-0.25, -0.2) is 13.4 Å². The smallest absolute Gasteiger partial charge is 0.211 e. The van der Waals surface area contributed by atoms with Crippen molar-refractivity contribution < 1.29 is 12.9 Å². The van der Waals surface area contributed by atoms with Crippen molar-refractivity contribution in [1.29, 1.82) is 0 Å². The minimum atomic E-state index is -3.17. The number of guanidine groups is 1. The van der Waals surface area contributed by atoms with Crippen LogP contribution in [0.1, 0.15) is 50.6 Å². The molecular weight excluding hydrogens is 481 g/mol. The molecule has 1 aliphatic rings. The number of halogens is 1. The highest BCUT2D eigenvalue weighted by Crippen LogP contribution is 2.20. The van der Waals surface area contributed by atoms with Crippen LogP contribution in [0.5, 0.6) is 0 Å². The van der Waals surface area contributed by atoms with Crippen LogP contribution in [-0.4, -0.2) is 55.8 Å². The summed E-state index contributed by atoms with van der Waals surface area (Å²) in [7, 11) is -3.17. The number of hydrogen-bond donors (Lipinski definition) is 2. The molecule has 0 radical (unpaired) electrons. The van der Waals surface area contributed by atoms with E-state index in [-0.39, 0.29) is 30.0 Å². The molecule has 1 aromatic rings. The third-order valence-corrected chi connectivity index (χ3v) is 5.93. The number of rotatable bonds is 8. The predicted molar refractivity (Wildman–Crippen MR) is 118 cm³/mol. The lowest BCUT2D eigenvalue weighted by Crippen LogP contribution is -2.46. The minimum Gasteiger partial charge on any atom is -0.361 e. The van der Waals surface area contributed by atoms with Crippen molar-refractivity contribution >= 4 is 40.0 Å². The van der Waals surface area contributed by atoms with Gasteiger partial charge in [0.2, 0.25) is 10.0 Å². The van der Waals surface area contributed by atoms with Crippen LogP contribution in [0.15, 0.2) is 9.52 Å². The summed E-state index contributed by atoms with van der Waals surface area (Å²) in [6.07, 6.45) is 4.63. The molecule has 8 nitrogen and oxygen atoms in total. The number of nitrogens with one attached hydrogen (secondary N) is 2. The van der Waals surface area contributed by atoms with Crippen molar-refractivity contribution in [3.05, 3.63) is 17.0 Å². The summed E-state index contributed by atoms with van der Waals surface area (Å²) >= 11 is 0. The summed E-state index contributed by atoms with van der Waals surface area (Å²) in [6.45, 7) is 8.46. The molecule has 0 aliphatic carbocycles. The first-order chi connectivity index (χ1) is 12.4. The Labute approximate surface area is 179 Å². The van der Waals surface area contributed by atoms with E-state index in [2.05, 4.69) is 20.8 Å². The molecule has 1 aromatic heterocycles. The van der Waals surface area contributed by atoms with E-state index < -0.39 is 10.0 Å². The van der Waals surface area contributed by atoms with Gasteiger partial charge in [-0.3, -0.25) is 0 Å². The van der Waals surface area contributed by atoms with Crippen LogP contribution in [0.25, 0.3) is 0 Å². The number of hydrogen-bond acceptors (Lipinski definition) is 5. The summed E-state index contributed by atoms with van der Waals surface area (Å²) in [4.78, 5) is 4.65. The Morgan fingerprint density at radius 2 is 2.04 bits per heavy atom. The van der Waals surface area contributed by atoms with Crippen molar-refractivity contribution in [2.24, 2.45) is 4.99 Å². The summed E-state index contributed by atoms with van der Waals surface area (Å²) in [5.74, 6) is 1.55. The summed E-state index contributed by atoms with van der Waals surface area (Å²) in [5.41, 5.74) is 1.99.